The second-order valence-corrected chi connectivity index (χ2v) is 5.69. The topological polar surface area (TPSA) is 47.1 Å². The summed E-state index contributed by atoms with van der Waals surface area (Å²) in [5.74, 6) is 7.13. The fourth-order valence-corrected chi connectivity index (χ4v) is 3.17. The third kappa shape index (κ3) is 2.87. The summed E-state index contributed by atoms with van der Waals surface area (Å²) in [6.07, 6.45) is 3.93. The van der Waals surface area contributed by atoms with Gasteiger partial charge in [-0.3, -0.25) is 4.90 Å². The summed E-state index contributed by atoms with van der Waals surface area (Å²) >= 11 is 1.75. The Labute approximate surface area is 116 Å². The lowest BCUT2D eigenvalue weighted by Crippen LogP contribution is -2.32. The first kappa shape index (κ1) is 12.4. The molecule has 1 aliphatic heterocycles. The van der Waals surface area contributed by atoms with Crippen LogP contribution in [0.2, 0.25) is 0 Å². The van der Waals surface area contributed by atoms with Crippen molar-refractivity contribution in [2.75, 3.05) is 13.1 Å². The van der Waals surface area contributed by atoms with Crippen LogP contribution in [-0.2, 0) is 19.6 Å². The van der Waals surface area contributed by atoms with Crippen molar-refractivity contribution >= 4 is 11.3 Å². The molecule has 3 heterocycles. The minimum absolute atomic E-state index is 0.419. The molecule has 4 nitrogen and oxygen atoms in total. The minimum Gasteiger partial charge on any atom is -0.333 e. The molecule has 98 valence electrons. The van der Waals surface area contributed by atoms with Crippen LogP contribution in [-0.4, -0.2) is 27.5 Å². The van der Waals surface area contributed by atoms with E-state index in [4.69, 9.17) is 5.73 Å². The first-order valence-electron chi connectivity index (χ1n) is 6.35. The van der Waals surface area contributed by atoms with Gasteiger partial charge in [0.2, 0.25) is 0 Å². The van der Waals surface area contributed by atoms with Gasteiger partial charge in [0, 0.05) is 36.9 Å². The van der Waals surface area contributed by atoms with Crippen LogP contribution in [0.4, 0.5) is 0 Å². The van der Waals surface area contributed by atoms with Gasteiger partial charge in [-0.05, 0) is 12.1 Å². The number of aromatic nitrogens is 2. The highest BCUT2D eigenvalue weighted by molar-refractivity contribution is 7.12. The van der Waals surface area contributed by atoms with E-state index in [2.05, 4.69) is 44.6 Å². The Balaban J connectivity index is 1.65. The van der Waals surface area contributed by atoms with Crippen molar-refractivity contribution in [2.45, 2.75) is 19.6 Å². The molecule has 0 bridgehead atoms. The normalized spacial score (nSPS) is 14.8. The average Bonchev–Trinajstić information content (AvgIpc) is 3.05. The molecule has 0 atom stereocenters. The molecule has 19 heavy (non-hydrogen) atoms. The number of rotatable bonds is 2. The molecule has 0 amide bonds. The Morgan fingerprint density at radius 2 is 2.32 bits per heavy atom. The molecule has 0 saturated carbocycles. The van der Waals surface area contributed by atoms with E-state index in [1.807, 2.05) is 6.20 Å². The predicted octanol–water partition coefficient (Wildman–Crippen LogP) is 1.27. The van der Waals surface area contributed by atoms with E-state index in [1.54, 1.807) is 11.3 Å². The highest BCUT2D eigenvalue weighted by Crippen LogP contribution is 2.20. The maximum absolute atomic E-state index is 5.38. The van der Waals surface area contributed by atoms with E-state index < -0.39 is 0 Å². The second-order valence-electron chi connectivity index (χ2n) is 4.52. The average molecular weight is 272 g/mol. The molecule has 1 aliphatic rings. The molecule has 3 rings (SSSR count). The van der Waals surface area contributed by atoms with Crippen molar-refractivity contribution in [1.29, 1.82) is 0 Å². The monoisotopic (exact) mass is 272 g/mol. The summed E-state index contributed by atoms with van der Waals surface area (Å²) in [5, 5.41) is 0. The van der Waals surface area contributed by atoms with Gasteiger partial charge in [-0.15, -0.1) is 11.3 Å². The van der Waals surface area contributed by atoms with Crippen LogP contribution in [0.25, 0.3) is 0 Å². The standard InChI is InChI=1S/C14H16N4S/c15-5-1-2-12-3-4-13(19-12)10-17-8-9-18-7-6-16-14(18)11-17/h3-4,6-7H,5,8-11,15H2. The second kappa shape index (κ2) is 5.57. The zero-order valence-corrected chi connectivity index (χ0v) is 11.5. The van der Waals surface area contributed by atoms with Crippen LogP contribution in [0.3, 0.4) is 0 Å². The van der Waals surface area contributed by atoms with E-state index in [0.29, 0.717) is 6.54 Å². The van der Waals surface area contributed by atoms with Crippen molar-refractivity contribution in [1.82, 2.24) is 14.5 Å². The number of hydrogen-bond donors (Lipinski definition) is 1. The Morgan fingerprint density at radius 3 is 3.21 bits per heavy atom. The molecule has 5 heteroatoms. The van der Waals surface area contributed by atoms with E-state index in [-0.39, 0.29) is 0 Å². The van der Waals surface area contributed by atoms with Crippen LogP contribution >= 0.6 is 11.3 Å². The lowest BCUT2D eigenvalue weighted by molar-refractivity contribution is 0.210. The Bertz CT molecular complexity index is 617. The van der Waals surface area contributed by atoms with Crippen molar-refractivity contribution in [3.63, 3.8) is 0 Å². The molecular weight excluding hydrogens is 256 g/mol. The zero-order chi connectivity index (χ0) is 13.1. The highest BCUT2D eigenvalue weighted by Gasteiger charge is 2.16. The molecule has 2 aromatic rings. The van der Waals surface area contributed by atoms with Gasteiger partial charge in [-0.2, -0.15) is 0 Å². The van der Waals surface area contributed by atoms with Crippen LogP contribution < -0.4 is 5.73 Å². The van der Waals surface area contributed by atoms with Gasteiger partial charge in [0.1, 0.15) is 5.82 Å². The lowest BCUT2D eigenvalue weighted by Gasteiger charge is -2.26. The summed E-state index contributed by atoms with van der Waals surface area (Å²) in [5.41, 5.74) is 5.38. The number of fused-ring (bicyclic) bond motifs is 1. The Kier molecular flexibility index (Phi) is 3.65. The third-order valence-corrected chi connectivity index (χ3v) is 4.16. The van der Waals surface area contributed by atoms with Crippen molar-refractivity contribution in [2.24, 2.45) is 5.73 Å². The molecule has 0 unspecified atom stereocenters. The summed E-state index contributed by atoms with van der Waals surface area (Å²) in [4.78, 5) is 9.25. The van der Waals surface area contributed by atoms with E-state index in [0.717, 1.165) is 36.9 Å². The van der Waals surface area contributed by atoms with Crippen LogP contribution in [0.15, 0.2) is 24.5 Å². The molecule has 0 saturated heterocycles. The molecule has 2 aromatic heterocycles. The molecule has 0 fully saturated rings. The smallest absolute Gasteiger partial charge is 0.122 e. The molecule has 0 radical (unpaired) electrons. The number of imidazole rings is 1. The van der Waals surface area contributed by atoms with Crippen LogP contribution in [0, 0.1) is 11.8 Å². The molecule has 0 spiro atoms. The summed E-state index contributed by atoms with van der Waals surface area (Å²) in [6, 6.07) is 4.24. The number of nitrogens with zero attached hydrogens (tertiary/aromatic N) is 3. The zero-order valence-electron chi connectivity index (χ0n) is 10.7. The van der Waals surface area contributed by atoms with Crippen molar-refractivity contribution in [3.8, 4) is 11.8 Å². The molecule has 0 aromatic carbocycles. The van der Waals surface area contributed by atoms with Gasteiger partial charge >= 0.3 is 0 Å². The van der Waals surface area contributed by atoms with Gasteiger partial charge in [-0.1, -0.05) is 11.8 Å². The number of nitrogens with two attached hydrogens (primary N) is 1. The van der Waals surface area contributed by atoms with Crippen LogP contribution in [0.5, 0.6) is 0 Å². The maximum atomic E-state index is 5.38. The number of thiophene rings is 1. The van der Waals surface area contributed by atoms with Gasteiger partial charge in [0.15, 0.2) is 0 Å². The van der Waals surface area contributed by atoms with Crippen molar-refractivity contribution < 1.29 is 0 Å². The van der Waals surface area contributed by atoms with E-state index in [1.165, 1.54) is 4.88 Å². The predicted molar refractivity (Wildman–Crippen MR) is 76.6 cm³/mol. The first-order valence-corrected chi connectivity index (χ1v) is 7.17. The quantitative estimate of drug-likeness (QED) is 0.838. The molecule has 2 N–H and O–H groups in total. The fourth-order valence-electron chi connectivity index (χ4n) is 2.25. The summed E-state index contributed by atoms with van der Waals surface area (Å²) in [7, 11) is 0. The summed E-state index contributed by atoms with van der Waals surface area (Å²) < 4.78 is 2.23. The van der Waals surface area contributed by atoms with Crippen LogP contribution in [0.1, 0.15) is 15.6 Å². The number of hydrogen-bond acceptors (Lipinski definition) is 4. The van der Waals surface area contributed by atoms with E-state index >= 15 is 0 Å². The van der Waals surface area contributed by atoms with Gasteiger partial charge < -0.3 is 10.3 Å². The largest absolute Gasteiger partial charge is 0.333 e. The third-order valence-electron chi connectivity index (χ3n) is 3.18. The minimum atomic E-state index is 0.419. The lowest BCUT2D eigenvalue weighted by atomic mass is 10.3. The first-order chi connectivity index (χ1) is 9.35. The van der Waals surface area contributed by atoms with Gasteiger partial charge in [0.25, 0.3) is 0 Å². The highest BCUT2D eigenvalue weighted by atomic mass is 32.1. The van der Waals surface area contributed by atoms with Crippen molar-refractivity contribution in [3.05, 3.63) is 40.1 Å². The fraction of sp³-hybridized carbons (Fsp3) is 0.357. The van der Waals surface area contributed by atoms with Gasteiger partial charge in [0.05, 0.1) is 18.0 Å². The maximum Gasteiger partial charge on any atom is 0.122 e. The Hall–Kier alpha value is -1.61. The summed E-state index contributed by atoms with van der Waals surface area (Å²) in [6.45, 7) is 4.42. The Morgan fingerprint density at radius 1 is 1.37 bits per heavy atom. The van der Waals surface area contributed by atoms with Gasteiger partial charge in [-0.25, -0.2) is 4.98 Å². The molecular formula is C14H16N4S. The SMILES string of the molecule is NCC#Cc1ccc(CN2CCn3ccnc3C2)s1. The van der Waals surface area contributed by atoms with E-state index in [9.17, 15) is 0 Å². The molecule has 0 aliphatic carbocycles.